The van der Waals surface area contributed by atoms with E-state index < -0.39 is 41.8 Å². The lowest BCUT2D eigenvalue weighted by molar-refractivity contribution is -0.143. The van der Waals surface area contributed by atoms with Gasteiger partial charge in [0, 0.05) is 19.1 Å². The first kappa shape index (κ1) is 23.2. The van der Waals surface area contributed by atoms with E-state index in [1.54, 1.807) is 6.07 Å². The fourth-order valence-corrected chi connectivity index (χ4v) is 4.16. The third kappa shape index (κ3) is 4.87. The molecule has 2 aliphatic rings. The highest BCUT2D eigenvalue weighted by molar-refractivity contribution is 5.79. The zero-order valence-corrected chi connectivity index (χ0v) is 17.3. The summed E-state index contributed by atoms with van der Waals surface area (Å²) in [6, 6.07) is 6.54. The molecule has 0 spiro atoms. The van der Waals surface area contributed by atoms with Gasteiger partial charge in [-0.3, -0.25) is 4.79 Å². The summed E-state index contributed by atoms with van der Waals surface area (Å²) >= 11 is 0. The van der Waals surface area contributed by atoms with E-state index in [9.17, 15) is 31.1 Å². The Kier molecular flexibility index (Phi) is 5.94. The molecule has 2 aromatic carbocycles. The van der Waals surface area contributed by atoms with Gasteiger partial charge in [-0.15, -0.1) is 0 Å². The fourth-order valence-electron chi connectivity index (χ4n) is 4.16. The topological polar surface area (TPSA) is 59.6 Å². The number of halogens is 6. The lowest BCUT2D eigenvalue weighted by Crippen LogP contribution is -2.34. The first-order chi connectivity index (χ1) is 15.4. The van der Waals surface area contributed by atoms with E-state index >= 15 is 0 Å². The van der Waals surface area contributed by atoms with Crippen molar-refractivity contribution in [3.8, 4) is 11.5 Å². The third-order valence-corrected chi connectivity index (χ3v) is 5.92. The fraction of sp³-hybridized carbons (Fsp3) is 0.409. The standard InChI is InChI=1S/C22H20F6N2O3/c1-11-16(9-29-19(11)13-2-3-17-18(6-13)33-10-32-17)20(31)30-8-12-4-14(21(23,24)25)7-15(5-12)22(26,27)28/h2-7,11,16,19,29H,8-10H2,1H3,(H,30,31)/t11?,16-,19?/m0/s1. The molecule has 5 nitrogen and oxygen atoms in total. The van der Waals surface area contributed by atoms with Gasteiger partial charge in [0.05, 0.1) is 17.0 Å². The largest absolute Gasteiger partial charge is 0.454 e. The Morgan fingerprint density at radius 2 is 1.64 bits per heavy atom. The summed E-state index contributed by atoms with van der Waals surface area (Å²) in [6.07, 6.45) is -9.89. The number of hydrogen-bond donors (Lipinski definition) is 2. The average Bonchev–Trinajstić information content (AvgIpc) is 3.36. The molecule has 0 aliphatic carbocycles. The van der Waals surface area contributed by atoms with Crippen molar-refractivity contribution in [1.82, 2.24) is 10.6 Å². The van der Waals surface area contributed by atoms with Gasteiger partial charge in [-0.05, 0) is 47.4 Å². The van der Waals surface area contributed by atoms with Crippen molar-refractivity contribution in [2.45, 2.75) is 31.9 Å². The van der Waals surface area contributed by atoms with E-state index in [0.29, 0.717) is 30.2 Å². The Hall–Kier alpha value is -2.95. The molecule has 3 atom stereocenters. The van der Waals surface area contributed by atoms with Gasteiger partial charge in [-0.1, -0.05) is 13.0 Å². The zero-order valence-electron chi connectivity index (χ0n) is 17.3. The van der Waals surface area contributed by atoms with Gasteiger partial charge in [0.2, 0.25) is 12.7 Å². The molecule has 4 rings (SSSR count). The Balaban J connectivity index is 1.45. The number of ether oxygens (including phenoxy) is 2. The van der Waals surface area contributed by atoms with Crippen molar-refractivity contribution in [1.29, 1.82) is 0 Å². The molecule has 2 unspecified atom stereocenters. The van der Waals surface area contributed by atoms with Crippen LogP contribution < -0.4 is 20.1 Å². The molecule has 2 aliphatic heterocycles. The maximum absolute atomic E-state index is 13.0. The minimum atomic E-state index is -4.94. The van der Waals surface area contributed by atoms with Crippen LogP contribution in [0.1, 0.15) is 35.2 Å². The highest BCUT2D eigenvalue weighted by Gasteiger charge is 2.39. The average molecular weight is 474 g/mol. The summed E-state index contributed by atoms with van der Waals surface area (Å²) in [6.45, 7) is 1.83. The monoisotopic (exact) mass is 474 g/mol. The van der Waals surface area contributed by atoms with Crippen molar-refractivity contribution in [3.63, 3.8) is 0 Å². The highest BCUT2D eigenvalue weighted by Crippen LogP contribution is 2.40. The van der Waals surface area contributed by atoms with Crippen LogP contribution >= 0.6 is 0 Å². The lowest BCUT2D eigenvalue weighted by atomic mass is 9.88. The molecule has 0 aromatic heterocycles. The van der Waals surface area contributed by atoms with Gasteiger partial charge >= 0.3 is 12.4 Å². The van der Waals surface area contributed by atoms with Crippen LogP contribution in [-0.4, -0.2) is 19.2 Å². The Labute approximate surface area is 185 Å². The van der Waals surface area contributed by atoms with Crippen LogP contribution in [0.25, 0.3) is 0 Å². The van der Waals surface area contributed by atoms with Crippen molar-refractivity contribution in [3.05, 3.63) is 58.7 Å². The summed E-state index contributed by atoms with van der Waals surface area (Å²) in [5, 5.41) is 5.73. The molecule has 1 amide bonds. The molecule has 11 heteroatoms. The van der Waals surface area contributed by atoms with E-state index in [1.165, 1.54) is 0 Å². The van der Waals surface area contributed by atoms with Gasteiger partial charge in [-0.25, -0.2) is 0 Å². The minimum absolute atomic E-state index is 0.0598. The number of carbonyl (C=O) groups excluding carboxylic acids is 1. The molecule has 33 heavy (non-hydrogen) atoms. The quantitative estimate of drug-likeness (QED) is 0.633. The van der Waals surface area contributed by atoms with Gasteiger partial charge in [0.1, 0.15) is 0 Å². The predicted molar refractivity (Wildman–Crippen MR) is 104 cm³/mol. The summed E-state index contributed by atoms with van der Waals surface area (Å²) in [5.41, 5.74) is -2.23. The second-order valence-corrected chi connectivity index (χ2v) is 8.10. The number of nitrogens with one attached hydrogen (secondary N) is 2. The van der Waals surface area contributed by atoms with Crippen LogP contribution in [0.4, 0.5) is 26.3 Å². The molecule has 178 valence electrons. The number of benzene rings is 2. The van der Waals surface area contributed by atoms with Crippen LogP contribution in [0.2, 0.25) is 0 Å². The second-order valence-electron chi connectivity index (χ2n) is 8.10. The molecule has 2 aromatic rings. The molecule has 1 fully saturated rings. The molecule has 2 heterocycles. The van der Waals surface area contributed by atoms with Crippen LogP contribution in [-0.2, 0) is 23.7 Å². The van der Waals surface area contributed by atoms with Crippen LogP contribution in [0.3, 0.4) is 0 Å². The first-order valence-corrected chi connectivity index (χ1v) is 10.1. The Bertz CT molecular complexity index is 1020. The summed E-state index contributed by atoms with van der Waals surface area (Å²) in [5.74, 6) is 0.0626. The van der Waals surface area contributed by atoms with Gasteiger partial charge in [-0.2, -0.15) is 26.3 Å². The van der Waals surface area contributed by atoms with Gasteiger partial charge < -0.3 is 20.1 Å². The minimum Gasteiger partial charge on any atom is -0.454 e. The summed E-state index contributed by atoms with van der Waals surface area (Å²) in [7, 11) is 0. The van der Waals surface area contributed by atoms with Crippen molar-refractivity contribution < 1.29 is 40.6 Å². The maximum Gasteiger partial charge on any atom is 0.416 e. The molecule has 0 radical (unpaired) electrons. The SMILES string of the molecule is CC1C(c2ccc3c(c2)OCO3)NC[C@@H]1C(=O)NCc1cc(C(F)(F)F)cc(C(F)(F)F)c1. The van der Waals surface area contributed by atoms with Crippen LogP contribution in [0.5, 0.6) is 11.5 Å². The van der Waals surface area contributed by atoms with E-state index in [1.807, 2.05) is 19.1 Å². The number of alkyl halides is 6. The van der Waals surface area contributed by atoms with Gasteiger partial charge in [0.25, 0.3) is 0 Å². The number of fused-ring (bicyclic) bond motifs is 1. The summed E-state index contributed by atoms with van der Waals surface area (Å²) in [4.78, 5) is 12.7. The maximum atomic E-state index is 13.0. The van der Waals surface area contributed by atoms with Crippen LogP contribution in [0, 0.1) is 11.8 Å². The number of carbonyl (C=O) groups is 1. The van der Waals surface area contributed by atoms with Crippen molar-refractivity contribution in [2.75, 3.05) is 13.3 Å². The van der Waals surface area contributed by atoms with Gasteiger partial charge in [0.15, 0.2) is 11.5 Å². The molecule has 2 N–H and O–H groups in total. The lowest BCUT2D eigenvalue weighted by Gasteiger charge is -2.20. The van der Waals surface area contributed by atoms with Crippen molar-refractivity contribution in [2.24, 2.45) is 11.8 Å². The molecule has 1 saturated heterocycles. The highest BCUT2D eigenvalue weighted by atomic mass is 19.4. The number of rotatable bonds is 4. The molecular formula is C22H20F6N2O3. The molecule has 0 saturated carbocycles. The van der Waals surface area contributed by atoms with E-state index in [2.05, 4.69) is 10.6 Å². The summed E-state index contributed by atoms with van der Waals surface area (Å²) < 4.78 is 88.9. The van der Waals surface area contributed by atoms with Crippen molar-refractivity contribution >= 4 is 5.91 Å². The normalized spacial score (nSPS) is 22.5. The molecule has 0 bridgehead atoms. The number of hydrogen-bond acceptors (Lipinski definition) is 4. The Morgan fingerprint density at radius 3 is 2.27 bits per heavy atom. The van der Waals surface area contributed by atoms with E-state index in [-0.39, 0.29) is 30.4 Å². The van der Waals surface area contributed by atoms with E-state index in [4.69, 9.17) is 9.47 Å². The predicted octanol–water partition coefficient (Wildman–Crippen LogP) is 4.67. The Morgan fingerprint density at radius 1 is 1.00 bits per heavy atom. The number of amides is 1. The third-order valence-electron chi connectivity index (χ3n) is 5.92. The molecular weight excluding hydrogens is 454 g/mol. The first-order valence-electron chi connectivity index (χ1n) is 10.1. The second kappa shape index (κ2) is 8.44. The smallest absolute Gasteiger partial charge is 0.416 e. The van der Waals surface area contributed by atoms with Crippen LogP contribution in [0.15, 0.2) is 36.4 Å². The zero-order chi connectivity index (χ0) is 24.0. The van der Waals surface area contributed by atoms with E-state index in [0.717, 1.165) is 5.56 Å².